The third-order valence-corrected chi connectivity index (χ3v) is 7.05. The lowest BCUT2D eigenvalue weighted by molar-refractivity contribution is -0.165. The zero-order valence-corrected chi connectivity index (χ0v) is 20.2. The molecular weight excluding hydrogens is 436 g/mol. The van der Waals surface area contributed by atoms with E-state index in [0.29, 0.717) is 31.2 Å². The summed E-state index contributed by atoms with van der Waals surface area (Å²) < 4.78 is 17.5. The fourth-order valence-corrected chi connectivity index (χ4v) is 4.58. The lowest BCUT2D eigenvalue weighted by Gasteiger charge is -2.38. The molecule has 0 radical (unpaired) electrons. The van der Waals surface area contributed by atoms with Crippen LogP contribution in [0.2, 0.25) is 0 Å². The van der Waals surface area contributed by atoms with E-state index in [4.69, 9.17) is 13.9 Å². The zero-order chi connectivity index (χ0) is 24.4. The fraction of sp³-hybridized carbons (Fsp3) is 0.577. The number of benzene rings is 1. The molecule has 0 saturated carbocycles. The van der Waals surface area contributed by atoms with Crippen LogP contribution in [0.4, 0.5) is 11.6 Å². The highest BCUT2D eigenvalue weighted by Gasteiger charge is 2.48. The number of para-hydroxylation sites is 1. The van der Waals surface area contributed by atoms with Crippen molar-refractivity contribution in [3.8, 4) is 0 Å². The van der Waals surface area contributed by atoms with Crippen molar-refractivity contribution >= 4 is 17.6 Å². The monoisotopic (exact) mass is 472 g/mol. The van der Waals surface area contributed by atoms with Gasteiger partial charge in [0.2, 0.25) is 11.8 Å². The van der Waals surface area contributed by atoms with E-state index in [9.17, 15) is 15.3 Å². The summed E-state index contributed by atoms with van der Waals surface area (Å²) in [6, 6.07) is 9.88. The van der Waals surface area contributed by atoms with Crippen molar-refractivity contribution in [2.24, 2.45) is 11.8 Å². The molecule has 3 N–H and O–H groups in total. The van der Waals surface area contributed by atoms with Crippen LogP contribution in [0.1, 0.15) is 39.5 Å². The number of anilines is 2. The normalized spacial score (nSPS) is 31.2. The maximum Gasteiger partial charge on any atom is 0.221 e. The van der Waals surface area contributed by atoms with Gasteiger partial charge in [-0.3, -0.25) is 0 Å². The van der Waals surface area contributed by atoms with Crippen molar-refractivity contribution < 1.29 is 29.2 Å². The molecule has 8 nitrogen and oxygen atoms in total. The van der Waals surface area contributed by atoms with Crippen molar-refractivity contribution in [3.05, 3.63) is 48.0 Å². The predicted molar refractivity (Wildman–Crippen MR) is 129 cm³/mol. The number of aliphatic hydroxyl groups is 3. The van der Waals surface area contributed by atoms with Crippen LogP contribution < -0.4 is 4.90 Å². The number of oxazole rings is 1. The Morgan fingerprint density at radius 1 is 1.18 bits per heavy atom. The minimum absolute atomic E-state index is 0.00105. The maximum atomic E-state index is 10.7. The molecule has 8 heteroatoms. The first-order valence-electron chi connectivity index (χ1n) is 12.0. The van der Waals surface area contributed by atoms with Gasteiger partial charge in [-0.1, -0.05) is 30.7 Å². The lowest BCUT2D eigenvalue weighted by Crippen LogP contribution is -2.50. The Kier molecular flexibility index (Phi) is 7.74. The van der Waals surface area contributed by atoms with Gasteiger partial charge in [0, 0.05) is 24.6 Å². The largest absolute Gasteiger partial charge is 0.421 e. The number of ether oxygens (including phenoxy) is 2. The number of aromatic nitrogens is 1. The van der Waals surface area contributed by atoms with Crippen LogP contribution in [0.3, 0.4) is 0 Å². The molecule has 2 aliphatic rings. The Bertz CT molecular complexity index is 961. The molecule has 3 heterocycles. The highest BCUT2D eigenvalue weighted by atomic mass is 16.6. The molecule has 2 aliphatic heterocycles. The van der Waals surface area contributed by atoms with Crippen molar-refractivity contribution in [1.29, 1.82) is 0 Å². The van der Waals surface area contributed by atoms with Crippen LogP contribution in [0.5, 0.6) is 0 Å². The molecule has 0 aliphatic carbocycles. The van der Waals surface area contributed by atoms with Crippen LogP contribution in [0, 0.1) is 11.8 Å². The Morgan fingerprint density at radius 3 is 2.62 bits per heavy atom. The molecular formula is C26H36N2O6. The number of hydrogen-bond donors (Lipinski definition) is 3. The number of aliphatic hydroxyl groups excluding tert-OH is 3. The smallest absolute Gasteiger partial charge is 0.221 e. The molecule has 0 unspecified atom stereocenters. The second-order valence-corrected chi connectivity index (χ2v) is 9.71. The van der Waals surface area contributed by atoms with Gasteiger partial charge in [0.05, 0.1) is 43.3 Å². The van der Waals surface area contributed by atoms with Crippen LogP contribution in [-0.2, 0) is 9.47 Å². The molecule has 0 amide bonds. The van der Waals surface area contributed by atoms with E-state index in [1.165, 1.54) is 0 Å². The second-order valence-electron chi connectivity index (χ2n) is 9.71. The summed E-state index contributed by atoms with van der Waals surface area (Å²) in [7, 11) is 1.92. The average molecular weight is 473 g/mol. The summed E-state index contributed by atoms with van der Waals surface area (Å²) in [6.07, 6.45) is 1.75. The molecule has 1 aromatic heterocycles. The molecule has 8 atom stereocenters. The third kappa shape index (κ3) is 5.70. The van der Waals surface area contributed by atoms with Gasteiger partial charge in [-0.2, -0.15) is 0 Å². The SMILES string of the molecule is C/C(=C\c1ncc(N(C)c2ccccc2)o1)C[C@@H]1OC[C@H](C[C@@H]2O[C@H]2[C@@H](C)[C@H](C)O)[C@@H](O)[C@H]1O. The van der Waals surface area contributed by atoms with E-state index in [-0.39, 0.29) is 24.0 Å². The summed E-state index contributed by atoms with van der Waals surface area (Å²) in [6.45, 7) is 6.00. The number of epoxide rings is 1. The van der Waals surface area contributed by atoms with E-state index in [0.717, 1.165) is 11.3 Å². The van der Waals surface area contributed by atoms with Crippen LogP contribution in [0.15, 0.2) is 46.5 Å². The van der Waals surface area contributed by atoms with Crippen molar-refractivity contribution in [1.82, 2.24) is 4.98 Å². The highest BCUT2D eigenvalue weighted by molar-refractivity contribution is 5.58. The second kappa shape index (κ2) is 10.6. The van der Waals surface area contributed by atoms with Gasteiger partial charge in [-0.25, -0.2) is 4.98 Å². The maximum absolute atomic E-state index is 10.7. The average Bonchev–Trinajstić information content (AvgIpc) is 3.44. The summed E-state index contributed by atoms with van der Waals surface area (Å²) in [5, 5.41) is 31.1. The number of hydrogen-bond acceptors (Lipinski definition) is 8. The van der Waals surface area contributed by atoms with Crippen molar-refractivity contribution in [3.63, 3.8) is 0 Å². The Morgan fingerprint density at radius 2 is 1.91 bits per heavy atom. The van der Waals surface area contributed by atoms with Gasteiger partial charge in [0.15, 0.2) is 0 Å². The molecule has 2 fully saturated rings. The first-order valence-corrected chi connectivity index (χ1v) is 12.0. The molecule has 2 saturated heterocycles. The molecule has 4 rings (SSSR count). The first kappa shape index (κ1) is 24.9. The Balaban J connectivity index is 1.30. The van der Waals surface area contributed by atoms with Gasteiger partial charge in [0.25, 0.3) is 0 Å². The minimum Gasteiger partial charge on any atom is -0.421 e. The lowest BCUT2D eigenvalue weighted by atomic mass is 9.85. The van der Waals surface area contributed by atoms with Gasteiger partial charge in [0.1, 0.15) is 6.10 Å². The Hall–Kier alpha value is -2.23. The van der Waals surface area contributed by atoms with E-state index in [1.807, 2.05) is 62.2 Å². The molecule has 1 aromatic carbocycles. The topological polar surface area (TPSA) is 112 Å². The van der Waals surface area contributed by atoms with Crippen molar-refractivity contribution in [2.45, 2.75) is 70.2 Å². The summed E-state index contributed by atoms with van der Waals surface area (Å²) in [5.74, 6) is 0.945. The van der Waals surface area contributed by atoms with Crippen LogP contribution >= 0.6 is 0 Å². The van der Waals surface area contributed by atoms with Crippen LogP contribution in [-0.4, -0.2) is 70.6 Å². The van der Waals surface area contributed by atoms with Gasteiger partial charge in [-0.15, -0.1) is 0 Å². The molecule has 186 valence electrons. The molecule has 0 bridgehead atoms. The number of nitrogens with zero attached hydrogens (tertiary/aromatic N) is 2. The highest BCUT2D eigenvalue weighted by Crippen LogP contribution is 2.38. The standard InChI is InChI=1S/C26H36N2O6/c1-15(11-22-27-13-23(34-22)28(4)19-8-6-5-7-9-19)10-20-25(31)24(30)18(14-32-20)12-21-26(33-21)16(2)17(3)29/h5-9,11,13,16-18,20-21,24-26,29-31H,10,12,14H2,1-4H3/b15-11+/t16-,17-,18-,20-,21-,24+,25-,26-/m0/s1. The molecule has 34 heavy (non-hydrogen) atoms. The minimum atomic E-state index is -0.988. The van der Waals surface area contributed by atoms with E-state index in [1.54, 1.807) is 13.1 Å². The zero-order valence-electron chi connectivity index (χ0n) is 20.2. The van der Waals surface area contributed by atoms with E-state index in [2.05, 4.69) is 4.98 Å². The van der Waals surface area contributed by atoms with Crippen molar-refractivity contribution in [2.75, 3.05) is 18.6 Å². The summed E-state index contributed by atoms with van der Waals surface area (Å²) >= 11 is 0. The quantitative estimate of drug-likeness (QED) is 0.477. The van der Waals surface area contributed by atoms with Gasteiger partial charge >= 0.3 is 0 Å². The predicted octanol–water partition coefficient (Wildman–Crippen LogP) is 3.15. The molecule has 0 spiro atoms. The summed E-state index contributed by atoms with van der Waals surface area (Å²) in [5.41, 5.74) is 1.93. The number of rotatable bonds is 9. The Labute approximate surface area is 200 Å². The third-order valence-electron chi connectivity index (χ3n) is 7.05. The van der Waals surface area contributed by atoms with Gasteiger partial charge < -0.3 is 34.1 Å². The first-order chi connectivity index (χ1) is 16.2. The van der Waals surface area contributed by atoms with Gasteiger partial charge in [-0.05, 0) is 44.9 Å². The van der Waals surface area contributed by atoms with E-state index >= 15 is 0 Å². The van der Waals surface area contributed by atoms with Crippen LogP contribution in [0.25, 0.3) is 6.08 Å². The van der Waals surface area contributed by atoms with E-state index < -0.39 is 24.4 Å². The summed E-state index contributed by atoms with van der Waals surface area (Å²) in [4.78, 5) is 6.26. The fourth-order valence-electron chi connectivity index (χ4n) is 4.58. The molecule has 2 aromatic rings.